The summed E-state index contributed by atoms with van der Waals surface area (Å²) in [6.45, 7) is 6.93. The molecule has 0 aromatic rings. The number of rotatable bonds is 2. The predicted molar refractivity (Wildman–Crippen MR) is 72.9 cm³/mol. The molecule has 5 atom stereocenters. The van der Waals surface area contributed by atoms with Crippen molar-refractivity contribution < 1.29 is 25.2 Å². The van der Waals surface area contributed by atoms with E-state index in [1.54, 1.807) is 13.8 Å². The third kappa shape index (κ3) is 2.02. The van der Waals surface area contributed by atoms with Crippen molar-refractivity contribution in [1.29, 1.82) is 0 Å². The number of aliphatic hydroxyl groups excluding tert-OH is 2. The van der Waals surface area contributed by atoms with Gasteiger partial charge in [0.05, 0.1) is 17.8 Å². The van der Waals surface area contributed by atoms with Crippen LogP contribution < -0.4 is 0 Å². The Morgan fingerprint density at radius 1 is 1.40 bits per heavy atom. The monoisotopic (exact) mass is 280 g/mol. The van der Waals surface area contributed by atoms with Crippen molar-refractivity contribution in [3.8, 4) is 0 Å². The number of hydrogen-bond donors (Lipinski definition) is 4. The Morgan fingerprint density at radius 3 is 2.55 bits per heavy atom. The third-order valence-corrected chi connectivity index (χ3v) is 4.60. The van der Waals surface area contributed by atoms with Gasteiger partial charge in [-0.3, -0.25) is 0 Å². The van der Waals surface area contributed by atoms with Crippen LogP contribution in [0.3, 0.4) is 0 Å². The molecule has 0 aromatic carbocycles. The highest BCUT2D eigenvalue weighted by atomic mass is 16.4. The van der Waals surface area contributed by atoms with Crippen LogP contribution in [0.5, 0.6) is 0 Å². The fraction of sp³-hybridized carbons (Fsp3) is 0.533. The van der Waals surface area contributed by atoms with Crippen molar-refractivity contribution in [2.45, 2.75) is 38.1 Å². The highest BCUT2D eigenvalue weighted by Gasteiger charge is 2.52. The SMILES string of the molecule is C=C(C(=O)O)C1C(O)C=C(C)C2(O)CC=C(C)C2C1O. The number of hydrogen-bond acceptors (Lipinski definition) is 4. The second-order valence-corrected chi connectivity index (χ2v) is 5.74. The largest absolute Gasteiger partial charge is 0.478 e. The van der Waals surface area contributed by atoms with E-state index in [0.717, 1.165) is 5.57 Å². The predicted octanol–water partition coefficient (Wildman–Crippen LogP) is 0.622. The molecular formula is C15H20O5. The summed E-state index contributed by atoms with van der Waals surface area (Å²) < 4.78 is 0. The highest BCUT2D eigenvalue weighted by molar-refractivity contribution is 5.86. The van der Waals surface area contributed by atoms with Crippen LogP contribution in [0, 0.1) is 11.8 Å². The Labute approximate surface area is 117 Å². The standard InChI is InChI=1S/C15H20O5/c1-7-4-5-15(20)8(2)6-10(16)11(9(3)14(18)19)13(17)12(7)15/h4,6,10-13,16-17,20H,3,5H2,1-2H3,(H,18,19). The molecule has 0 spiro atoms. The van der Waals surface area contributed by atoms with E-state index in [0.29, 0.717) is 12.0 Å². The van der Waals surface area contributed by atoms with Crippen molar-refractivity contribution in [3.05, 3.63) is 35.5 Å². The topological polar surface area (TPSA) is 98.0 Å². The quantitative estimate of drug-likeness (QED) is 0.439. The maximum Gasteiger partial charge on any atom is 0.331 e. The van der Waals surface area contributed by atoms with Gasteiger partial charge < -0.3 is 20.4 Å². The van der Waals surface area contributed by atoms with Crippen LogP contribution in [-0.2, 0) is 4.79 Å². The molecule has 20 heavy (non-hydrogen) atoms. The number of fused-ring (bicyclic) bond motifs is 1. The average Bonchev–Trinajstić information content (AvgIpc) is 2.62. The van der Waals surface area contributed by atoms with Crippen LogP contribution >= 0.6 is 0 Å². The molecule has 5 nitrogen and oxygen atoms in total. The Balaban J connectivity index is 2.51. The number of carboxylic acid groups (broad SMARTS) is 1. The molecule has 110 valence electrons. The van der Waals surface area contributed by atoms with E-state index in [1.165, 1.54) is 6.08 Å². The second-order valence-electron chi connectivity index (χ2n) is 5.74. The van der Waals surface area contributed by atoms with E-state index in [2.05, 4.69) is 6.58 Å². The van der Waals surface area contributed by atoms with E-state index >= 15 is 0 Å². The first-order valence-corrected chi connectivity index (χ1v) is 6.56. The molecule has 4 N–H and O–H groups in total. The van der Waals surface area contributed by atoms with Gasteiger partial charge in [0, 0.05) is 17.4 Å². The first-order valence-electron chi connectivity index (χ1n) is 6.56. The number of aliphatic carboxylic acids is 1. The fourth-order valence-electron chi connectivity index (χ4n) is 3.37. The summed E-state index contributed by atoms with van der Waals surface area (Å²) in [5.74, 6) is -2.93. The normalized spacial score (nSPS) is 40.5. The lowest BCUT2D eigenvalue weighted by atomic mass is 9.75. The lowest BCUT2D eigenvalue weighted by molar-refractivity contribution is -0.135. The van der Waals surface area contributed by atoms with E-state index in [-0.39, 0.29) is 5.57 Å². The number of carboxylic acids is 1. The van der Waals surface area contributed by atoms with Gasteiger partial charge in [0.2, 0.25) is 0 Å². The Morgan fingerprint density at radius 2 is 2.00 bits per heavy atom. The first kappa shape index (κ1) is 15.0. The van der Waals surface area contributed by atoms with Crippen molar-refractivity contribution >= 4 is 5.97 Å². The summed E-state index contributed by atoms with van der Waals surface area (Å²) in [5, 5.41) is 40.6. The molecular weight excluding hydrogens is 260 g/mol. The molecule has 2 rings (SSSR count). The van der Waals surface area contributed by atoms with Crippen molar-refractivity contribution in [2.75, 3.05) is 0 Å². The zero-order chi connectivity index (χ0) is 15.2. The van der Waals surface area contributed by atoms with Crippen LogP contribution in [-0.4, -0.2) is 44.2 Å². The minimum atomic E-state index is -1.27. The Kier molecular flexibility index (Phi) is 3.62. The van der Waals surface area contributed by atoms with E-state index < -0.39 is 35.6 Å². The van der Waals surface area contributed by atoms with Gasteiger partial charge in [0.25, 0.3) is 0 Å². The molecule has 0 aliphatic heterocycles. The molecule has 0 amide bonds. The van der Waals surface area contributed by atoms with Crippen LogP contribution in [0.4, 0.5) is 0 Å². The van der Waals surface area contributed by atoms with Crippen LogP contribution in [0.2, 0.25) is 0 Å². The fourth-order valence-corrected chi connectivity index (χ4v) is 3.37. The molecule has 0 saturated carbocycles. The number of carbonyl (C=O) groups is 1. The Bertz CT molecular complexity index is 518. The first-order chi connectivity index (χ1) is 9.20. The molecule has 0 heterocycles. The van der Waals surface area contributed by atoms with E-state index in [4.69, 9.17) is 5.11 Å². The summed E-state index contributed by atoms with van der Waals surface area (Å²) in [6.07, 6.45) is 1.22. The van der Waals surface area contributed by atoms with Gasteiger partial charge >= 0.3 is 5.97 Å². The molecule has 0 saturated heterocycles. The Hall–Kier alpha value is -1.43. The summed E-state index contributed by atoms with van der Waals surface area (Å²) in [7, 11) is 0. The van der Waals surface area contributed by atoms with Gasteiger partial charge in [0.15, 0.2) is 0 Å². The van der Waals surface area contributed by atoms with Gasteiger partial charge in [-0.05, 0) is 25.8 Å². The smallest absolute Gasteiger partial charge is 0.331 e. The highest BCUT2D eigenvalue weighted by Crippen LogP contribution is 2.47. The summed E-state index contributed by atoms with van der Waals surface area (Å²) in [4.78, 5) is 11.1. The third-order valence-electron chi connectivity index (χ3n) is 4.60. The summed E-state index contributed by atoms with van der Waals surface area (Å²) in [6, 6.07) is 0. The molecule has 5 heteroatoms. The van der Waals surface area contributed by atoms with Gasteiger partial charge in [0.1, 0.15) is 0 Å². The average molecular weight is 280 g/mol. The van der Waals surface area contributed by atoms with Crippen LogP contribution in [0.25, 0.3) is 0 Å². The van der Waals surface area contributed by atoms with Gasteiger partial charge in [-0.15, -0.1) is 0 Å². The van der Waals surface area contributed by atoms with Crippen molar-refractivity contribution in [1.82, 2.24) is 0 Å². The van der Waals surface area contributed by atoms with Gasteiger partial charge in [-0.2, -0.15) is 0 Å². The maximum atomic E-state index is 11.1. The molecule has 0 aromatic heterocycles. The van der Waals surface area contributed by atoms with Crippen LogP contribution in [0.1, 0.15) is 20.3 Å². The zero-order valence-electron chi connectivity index (χ0n) is 11.6. The van der Waals surface area contributed by atoms with E-state index in [9.17, 15) is 20.1 Å². The number of aliphatic hydroxyl groups is 3. The van der Waals surface area contributed by atoms with Crippen molar-refractivity contribution in [2.24, 2.45) is 11.8 Å². The minimum Gasteiger partial charge on any atom is -0.478 e. The van der Waals surface area contributed by atoms with E-state index in [1.807, 2.05) is 6.08 Å². The summed E-state index contributed by atoms with van der Waals surface area (Å²) in [5.41, 5.74) is -0.177. The molecule has 0 bridgehead atoms. The molecule has 0 fully saturated rings. The zero-order valence-corrected chi connectivity index (χ0v) is 11.6. The van der Waals surface area contributed by atoms with Gasteiger partial charge in [-0.25, -0.2) is 4.79 Å². The summed E-state index contributed by atoms with van der Waals surface area (Å²) >= 11 is 0. The molecule has 0 radical (unpaired) electrons. The van der Waals surface area contributed by atoms with Crippen molar-refractivity contribution in [3.63, 3.8) is 0 Å². The molecule has 2 aliphatic rings. The lowest BCUT2D eigenvalue weighted by Crippen LogP contribution is -2.46. The molecule has 2 aliphatic carbocycles. The second kappa shape index (κ2) is 4.84. The van der Waals surface area contributed by atoms with Gasteiger partial charge in [-0.1, -0.05) is 24.3 Å². The maximum absolute atomic E-state index is 11.1. The molecule has 5 unspecified atom stereocenters. The lowest BCUT2D eigenvalue weighted by Gasteiger charge is -2.36. The van der Waals surface area contributed by atoms with Crippen LogP contribution in [0.15, 0.2) is 35.5 Å². The minimum absolute atomic E-state index is 0.252.